The number of amides is 1. The molecule has 1 atom stereocenters. The summed E-state index contributed by atoms with van der Waals surface area (Å²) in [5.74, 6) is 0.522. The Bertz CT molecular complexity index is 595. The largest absolute Gasteiger partial charge is 0.474 e. The number of aromatic nitrogens is 4. The number of hydrogen-bond donors (Lipinski definition) is 3. The molecule has 0 bridgehead atoms. The van der Waals surface area contributed by atoms with E-state index in [0.717, 1.165) is 6.42 Å². The van der Waals surface area contributed by atoms with E-state index >= 15 is 0 Å². The first kappa shape index (κ1) is 10.8. The highest BCUT2D eigenvalue weighted by Gasteiger charge is 2.22. The van der Waals surface area contributed by atoms with Crippen molar-refractivity contribution in [1.29, 1.82) is 0 Å². The maximum absolute atomic E-state index is 11.1. The molecule has 2 aromatic rings. The molecule has 3 rings (SSSR count). The summed E-state index contributed by atoms with van der Waals surface area (Å²) in [6.45, 7) is 0.357. The molecule has 1 amide bonds. The first-order valence-corrected chi connectivity index (χ1v) is 5.61. The van der Waals surface area contributed by atoms with Crippen molar-refractivity contribution in [3.63, 3.8) is 0 Å². The monoisotopic (exact) mass is 248 g/mol. The van der Waals surface area contributed by atoms with Crippen molar-refractivity contribution in [3.05, 3.63) is 6.33 Å². The zero-order valence-corrected chi connectivity index (χ0v) is 9.51. The van der Waals surface area contributed by atoms with Gasteiger partial charge in [0.1, 0.15) is 12.1 Å². The SMILES string of the molecule is Nc1nc(OC[C@H]2CCC(=O)N2)c2[nH]cnc2n1. The minimum absolute atomic E-state index is 0.0201. The first-order valence-electron chi connectivity index (χ1n) is 5.61. The molecule has 4 N–H and O–H groups in total. The fraction of sp³-hybridized carbons (Fsp3) is 0.400. The number of carbonyl (C=O) groups is 1. The molecular weight excluding hydrogens is 236 g/mol. The normalized spacial score (nSPS) is 19.1. The van der Waals surface area contributed by atoms with E-state index in [0.29, 0.717) is 30.1 Å². The first-order chi connectivity index (χ1) is 8.72. The molecule has 1 aliphatic heterocycles. The molecule has 18 heavy (non-hydrogen) atoms. The van der Waals surface area contributed by atoms with E-state index in [2.05, 4.69) is 25.3 Å². The van der Waals surface area contributed by atoms with Crippen LogP contribution in [0, 0.1) is 0 Å². The molecule has 0 saturated carbocycles. The summed E-state index contributed by atoms with van der Waals surface area (Å²) in [6, 6.07) is 0.0201. The van der Waals surface area contributed by atoms with Gasteiger partial charge in [-0.3, -0.25) is 4.79 Å². The second-order valence-electron chi connectivity index (χ2n) is 4.10. The van der Waals surface area contributed by atoms with Gasteiger partial charge < -0.3 is 20.8 Å². The van der Waals surface area contributed by atoms with Crippen LogP contribution < -0.4 is 15.8 Å². The quantitative estimate of drug-likeness (QED) is 0.679. The molecule has 0 radical (unpaired) electrons. The standard InChI is InChI=1S/C10H12N6O2/c11-10-15-8-7(12-4-13-8)9(16-10)18-3-5-1-2-6(17)14-5/h4-5H,1-3H2,(H,14,17)(H3,11,12,13,15,16)/t5-/m1/s1. The second kappa shape index (κ2) is 4.13. The Morgan fingerprint density at radius 2 is 2.39 bits per heavy atom. The van der Waals surface area contributed by atoms with Crippen LogP contribution in [-0.2, 0) is 4.79 Å². The van der Waals surface area contributed by atoms with Crippen molar-refractivity contribution < 1.29 is 9.53 Å². The van der Waals surface area contributed by atoms with Gasteiger partial charge in [0.05, 0.1) is 12.4 Å². The van der Waals surface area contributed by atoms with E-state index in [4.69, 9.17) is 10.5 Å². The number of fused-ring (bicyclic) bond motifs is 1. The van der Waals surface area contributed by atoms with E-state index in [1.165, 1.54) is 6.33 Å². The van der Waals surface area contributed by atoms with E-state index < -0.39 is 0 Å². The van der Waals surface area contributed by atoms with Crippen LogP contribution in [0.5, 0.6) is 5.88 Å². The molecule has 3 heterocycles. The topological polar surface area (TPSA) is 119 Å². The van der Waals surface area contributed by atoms with E-state index in [-0.39, 0.29) is 17.9 Å². The summed E-state index contributed by atoms with van der Waals surface area (Å²) in [7, 11) is 0. The number of ether oxygens (including phenoxy) is 1. The highest BCUT2D eigenvalue weighted by atomic mass is 16.5. The maximum Gasteiger partial charge on any atom is 0.245 e. The summed E-state index contributed by atoms with van der Waals surface area (Å²) >= 11 is 0. The van der Waals surface area contributed by atoms with Gasteiger partial charge in [-0.25, -0.2) is 4.98 Å². The Morgan fingerprint density at radius 3 is 3.17 bits per heavy atom. The van der Waals surface area contributed by atoms with Crippen LogP contribution in [0.1, 0.15) is 12.8 Å². The Morgan fingerprint density at radius 1 is 1.50 bits per heavy atom. The van der Waals surface area contributed by atoms with Gasteiger partial charge in [0, 0.05) is 6.42 Å². The van der Waals surface area contributed by atoms with Crippen molar-refractivity contribution in [2.75, 3.05) is 12.3 Å². The number of rotatable bonds is 3. The second-order valence-corrected chi connectivity index (χ2v) is 4.10. The van der Waals surface area contributed by atoms with Crippen LogP contribution in [0.15, 0.2) is 6.33 Å². The van der Waals surface area contributed by atoms with Gasteiger partial charge in [-0.05, 0) is 6.42 Å². The number of anilines is 1. The lowest BCUT2D eigenvalue weighted by Gasteiger charge is -2.11. The number of imidazole rings is 1. The summed E-state index contributed by atoms with van der Waals surface area (Å²) in [4.78, 5) is 25.9. The molecular formula is C10H12N6O2. The summed E-state index contributed by atoms with van der Waals surface area (Å²) in [6.07, 6.45) is 2.81. The molecule has 1 saturated heterocycles. The highest BCUT2D eigenvalue weighted by molar-refractivity contribution is 5.78. The van der Waals surface area contributed by atoms with Crippen LogP contribution in [0.4, 0.5) is 5.95 Å². The Labute approximate surface area is 102 Å². The third kappa shape index (κ3) is 1.92. The Kier molecular flexibility index (Phi) is 2.47. The lowest BCUT2D eigenvalue weighted by Crippen LogP contribution is -2.31. The number of nitrogens with two attached hydrogens (primary N) is 1. The van der Waals surface area contributed by atoms with Crippen molar-refractivity contribution in [2.45, 2.75) is 18.9 Å². The zero-order chi connectivity index (χ0) is 12.5. The van der Waals surface area contributed by atoms with Crippen molar-refractivity contribution in [3.8, 4) is 5.88 Å². The molecule has 0 aliphatic carbocycles. The fourth-order valence-corrected chi connectivity index (χ4v) is 1.91. The van der Waals surface area contributed by atoms with E-state index in [9.17, 15) is 4.79 Å². The Balaban J connectivity index is 1.77. The average molecular weight is 248 g/mol. The number of H-pyrrole nitrogens is 1. The van der Waals surface area contributed by atoms with Gasteiger partial charge in [0.25, 0.3) is 0 Å². The van der Waals surface area contributed by atoms with E-state index in [1.54, 1.807) is 0 Å². The van der Waals surface area contributed by atoms with Gasteiger partial charge in [-0.2, -0.15) is 9.97 Å². The molecule has 2 aromatic heterocycles. The number of nitrogens with one attached hydrogen (secondary N) is 2. The van der Waals surface area contributed by atoms with Crippen LogP contribution in [0.25, 0.3) is 11.2 Å². The third-order valence-electron chi connectivity index (χ3n) is 2.78. The summed E-state index contributed by atoms with van der Waals surface area (Å²) in [5, 5.41) is 2.82. The summed E-state index contributed by atoms with van der Waals surface area (Å²) in [5.41, 5.74) is 6.63. The Hall–Kier alpha value is -2.38. The molecule has 8 heteroatoms. The lowest BCUT2D eigenvalue weighted by atomic mass is 10.2. The minimum Gasteiger partial charge on any atom is -0.474 e. The number of hydrogen-bond acceptors (Lipinski definition) is 6. The minimum atomic E-state index is 0.0201. The van der Waals surface area contributed by atoms with Crippen molar-refractivity contribution in [1.82, 2.24) is 25.3 Å². The zero-order valence-electron chi connectivity index (χ0n) is 9.51. The molecule has 0 aromatic carbocycles. The molecule has 1 aliphatic rings. The summed E-state index contributed by atoms with van der Waals surface area (Å²) < 4.78 is 5.57. The van der Waals surface area contributed by atoms with Gasteiger partial charge in [-0.1, -0.05) is 0 Å². The smallest absolute Gasteiger partial charge is 0.245 e. The molecule has 94 valence electrons. The average Bonchev–Trinajstić information content (AvgIpc) is 2.94. The molecule has 8 nitrogen and oxygen atoms in total. The van der Waals surface area contributed by atoms with Gasteiger partial charge >= 0.3 is 0 Å². The van der Waals surface area contributed by atoms with Crippen molar-refractivity contribution >= 4 is 23.0 Å². The predicted octanol–water partition coefficient (Wildman–Crippen LogP) is -0.408. The van der Waals surface area contributed by atoms with Crippen LogP contribution in [0.3, 0.4) is 0 Å². The molecule has 0 unspecified atom stereocenters. The lowest BCUT2D eigenvalue weighted by molar-refractivity contribution is -0.119. The third-order valence-corrected chi connectivity index (χ3v) is 2.78. The maximum atomic E-state index is 11.1. The fourth-order valence-electron chi connectivity index (χ4n) is 1.91. The van der Waals surface area contributed by atoms with E-state index in [1.807, 2.05) is 0 Å². The number of carbonyl (C=O) groups excluding carboxylic acids is 1. The van der Waals surface area contributed by atoms with Gasteiger partial charge in [0.15, 0.2) is 5.65 Å². The van der Waals surface area contributed by atoms with Gasteiger partial charge in [-0.15, -0.1) is 0 Å². The van der Waals surface area contributed by atoms with Crippen molar-refractivity contribution in [2.24, 2.45) is 0 Å². The number of aromatic amines is 1. The van der Waals surface area contributed by atoms with Crippen LogP contribution in [-0.4, -0.2) is 38.5 Å². The molecule has 0 spiro atoms. The highest BCUT2D eigenvalue weighted by Crippen LogP contribution is 2.20. The predicted molar refractivity (Wildman–Crippen MR) is 62.8 cm³/mol. The van der Waals surface area contributed by atoms with Crippen LogP contribution in [0.2, 0.25) is 0 Å². The number of nitrogens with zero attached hydrogens (tertiary/aromatic N) is 3. The number of nitrogen functional groups attached to an aromatic ring is 1. The van der Waals surface area contributed by atoms with Gasteiger partial charge in [0.2, 0.25) is 17.7 Å². The molecule has 1 fully saturated rings. The van der Waals surface area contributed by atoms with Crippen LogP contribution >= 0.6 is 0 Å².